The van der Waals surface area contributed by atoms with Crippen LogP contribution < -0.4 is 0 Å². The Labute approximate surface area is 78.7 Å². The van der Waals surface area contributed by atoms with E-state index in [1.807, 2.05) is 6.92 Å². The van der Waals surface area contributed by atoms with Crippen LogP contribution in [-0.2, 0) is 14.3 Å². The van der Waals surface area contributed by atoms with Crippen molar-refractivity contribution in [3.05, 3.63) is 12.7 Å². The number of esters is 1. The summed E-state index contributed by atoms with van der Waals surface area (Å²) in [6.07, 6.45) is 2.00. The number of rotatable bonds is 2. The second-order valence-corrected chi connectivity index (χ2v) is 3.45. The van der Waals surface area contributed by atoms with E-state index in [1.165, 1.54) is 6.08 Å². The molecule has 0 saturated carbocycles. The largest absolute Gasteiger partial charge is 0.456 e. The van der Waals surface area contributed by atoms with Crippen LogP contribution in [0.5, 0.6) is 0 Å². The first-order chi connectivity index (χ1) is 6.15. The molecule has 1 heterocycles. The number of hydrogen-bond acceptors (Lipinski definition) is 3. The molecule has 0 amide bonds. The van der Waals surface area contributed by atoms with Crippen LogP contribution in [0.25, 0.3) is 0 Å². The number of hydrogen-bond donors (Lipinski definition) is 0. The lowest BCUT2D eigenvalue weighted by Gasteiger charge is -2.33. The molecule has 1 rings (SSSR count). The highest BCUT2D eigenvalue weighted by atomic mass is 16.6. The predicted molar refractivity (Wildman–Crippen MR) is 49.3 cm³/mol. The predicted octanol–water partition coefficient (Wildman–Crippen LogP) is 1.53. The molecule has 2 unspecified atom stereocenters. The highest BCUT2D eigenvalue weighted by Gasteiger charge is 2.31. The van der Waals surface area contributed by atoms with Crippen LogP contribution in [0.4, 0.5) is 0 Å². The summed E-state index contributed by atoms with van der Waals surface area (Å²) >= 11 is 0. The number of carbonyl (C=O) groups excluding carboxylic acids is 1. The molecule has 0 radical (unpaired) electrons. The van der Waals surface area contributed by atoms with Crippen molar-refractivity contribution in [1.82, 2.24) is 0 Å². The van der Waals surface area contributed by atoms with Gasteiger partial charge in [0.05, 0.1) is 6.10 Å². The van der Waals surface area contributed by atoms with Crippen molar-refractivity contribution in [1.29, 1.82) is 0 Å². The molecule has 3 atom stereocenters. The van der Waals surface area contributed by atoms with Crippen molar-refractivity contribution in [3.8, 4) is 0 Å². The van der Waals surface area contributed by atoms with Crippen LogP contribution in [-0.4, -0.2) is 24.8 Å². The lowest BCUT2D eigenvalue weighted by Crippen LogP contribution is -2.41. The maximum atomic E-state index is 11.0. The molecule has 0 N–H and O–H groups in total. The van der Waals surface area contributed by atoms with Gasteiger partial charge in [-0.2, -0.15) is 0 Å². The van der Waals surface area contributed by atoms with Crippen LogP contribution in [0, 0.1) is 5.92 Å². The molecule has 1 aliphatic heterocycles. The van der Waals surface area contributed by atoms with Gasteiger partial charge in [-0.25, -0.2) is 4.79 Å². The van der Waals surface area contributed by atoms with Crippen molar-refractivity contribution in [2.24, 2.45) is 5.92 Å². The summed E-state index contributed by atoms with van der Waals surface area (Å²) < 4.78 is 10.6. The van der Waals surface area contributed by atoms with Crippen LogP contribution >= 0.6 is 0 Å². The molecule has 0 aromatic rings. The maximum absolute atomic E-state index is 11.0. The number of carbonyl (C=O) groups is 1. The normalized spacial score (nSPS) is 33.8. The molecule has 0 aliphatic carbocycles. The topological polar surface area (TPSA) is 35.5 Å². The molecule has 0 aromatic heterocycles. The molecule has 1 aliphatic rings. The molecule has 1 fully saturated rings. The average Bonchev–Trinajstić information content (AvgIpc) is 2.11. The zero-order valence-electron chi connectivity index (χ0n) is 8.16. The zero-order valence-corrected chi connectivity index (χ0v) is 8.16. The molecule has 1 saturated heterocycles. The molecule has 74 valence electrons. The summed E-state index contributed by atoms with van der Waals surface area (Å²) in [5.74, 6) is 0.00171. The van der Waals surface area contributed by atoms with Crippen LogP contribution in [0.2, 0.25) is 0 Å². The lowest BCUT2D eigenvalue weighted by molar-refractivity contribution is -0.163. The summed E-state index contributed by atoms with van der Waals surface area (Å²) in [7, 11) is 0. The minimum atomic E-state index is -0.366. The van der Waals surface area contributed by atoms with E-state index in [1.54, 1.807) is 0 Å². The Kier molecular flexibility index (Phi) is 3.48. The fourth-order valence-corrected chi connectivity index (χ4v) is 1.56. The molecular formula is C10H16O3. The minimum absolute atomic E-state index is 0.00681. The Balaban J connectivity index is 2.53. The molecule has 3 heteroatoms. The van der Waals surface area contributed by atoms with Gasteiger partial charge < -0.3 is 9.47 Å². The average molecular weight is 184 g/mol. The van der Waals surface area contributed by atoms with Crippen LogP contribution in [0.1, 0.15) is 20.3 Å². The van der Waals surface area contributed by atoms with E-state index in [4.69, 9.17) is 9.47 Å². The first-order valence-corrected chi connectivity index (χ1v) is 4.59. The SMILES string of the molecule is C=CC(=O)O[C@H]1C(C)CCOC1C. The van der Waals surface area contributed by atoms with Gasteiger partial charge >= 0.3 is 5.97 Å². The standard InChI is InChI=1S/C10H16O3/c1-4-9(11)13-10-7(2)5-6-12-8(10)3/h4,7-8,10H,1,5-6H2,2-3H3/t7?,8?,10-/m0/s1. The Morgan fingerprint density at radius 1 is 1.62 bits per heavy atom. The third-order valence-electron chi connectivity index (χ3n) is 2.40. The molecular weight excluding hydrogens is 168 g/mol. The first-order valence-electron chi connectivity index (χ1n) is 4.59. The van der Waals surface area contributed by atoms with E-state index >= 15 is 0 Å². The quantitative estimate of drug-likeness (QED) is 0.482. The summed E-state index contributed by atoms with van der Waals surface area (Å²) in [6, 6.07) is 0. The maximum Gasteiger partial charge on any atom is 0.330 e. The second kappa shape index (κ2) is 4.42. The monoisotopic (exact) mass is 184 g/mol. The van der Waals surface area contributed by atoms with E-state index in [9.17, 15) is 4.79 Å². The van der Waals surface area contributed by atoms with Gasteiger partial charge in [-0.05, 0) is 19.3 Å². The van der Waals surface area contributed by atoms with Crippen molar-refractivity contribution in [2.45, 2.75) is 32.5 Å². The van der Waals surface area contributed by atoms with Crippen molar-refractivity contribution < 1.29 is 14.3 Å². The Morgan fingerprint density at radius 3 is 2.85 bits per heavy atom. The smallest absolute Gasteiger partial charge is 0.330 e. The highest BCUT2D eigenvalue weighted by Crippen LogP contribution is 2.23. The Bertz CT molecular complexity index is 190. The molecule has 13 heavy (non-hydrogen) atoms. The van der Waals surface area contributed by atoms with Crippen LogP contribution in [0.15, 0.2) is 12.7 Å². The van der Waals surface area contributed by atoms with Gasteiger partial charge in [0.2, 0.25) is 0 Å². The van der Waals surface area contributed by atoms with E-state index in [0.717, 1.165) is 13.0 Å². The first kappa shape index (κ1) is 10.3. The fourth-order valence-electron chi connectivity index (χ4n) is 1.56. The summed E-state index contributed by atoms with van der Waals surface area (Å²) in [4.78, 5) is 11.0. The third kappa shape index (κ3) is 2.56. The van der Waals surface area contributed by atoms with Gasteiger partial charge in [-0.15, -0.1) is 0 Å². The molecule has 0 bridgehead atoms. The van der Waals surface area contributed by atoms with Crippen molar-refractivity contribution in [3.63, 3.8) is 0 Å². The summed E-state index contributed by atoms with van der Waals surface area (Å²) in [6.45, 7) is 8.11. The van der Waals surface area contributed by atoms with Crippen molar-refractivity contribution in [2.75, 3.05) is 6.61 Å². The van der Waals surface area contributed by atoms with Gasteiger partial charge in [0.25, 0.3) is 0 Å². The van der Waals surface area contributed by atoms with Gasteiger partial charge in [-0.3, -0.25) is 0 Å². The Morgan fingerprint density at radius 2 is 2.31 bits per heavy atom. The van der Waals surface area contributed by atoms with Gasteiger partial charge in [0.1, 0.15) is 6.10 Å². The second-order valence-electron chi connectivity index (χ2n) is 3.45. The number of ether oxygens (including phenoxy) is 2. The van der Waals surface area contributed by atoms with E-state index in [0.29, 0.717) is 5.92 Å². The Hall–Kier alpha value is -0.830. The molecule has 3 nitrogen and oxygen atoms in total. The third-order valence-corrected chi connectivity index (χ3v) is 2.40. The van der Waals surface area contributed by atoms with Crippen LogP contribution in [0.3, 0.4) is 0 Å². The van der Waals surface area contributed by atoms with E-state index in [2.05, 4.69) is 13.5 Å². The summed E-state index contributed by atoms with van der Waals surface area (Å²) in [5.41, 5.74) is 0. The fraction of sp³-hybridized carbons (Fsp3) is 0.700. The van der Waals surface area contributed by atoms with Gasteiger partial charge in [-0.1, -0.05) is 13.5 Å². The summed E-state index contributed by atoms with van der Waals surface area (Å²) in [5, 5.41) is 0. The van der Waals surface area contributed by atoms with E-state index in [-0.39, 0.29) is 18.2 Å². The molecule has 0 spiro atoms. The zero-order chi connectivity index (χ0) is 9.84. The minimum Gasteiger partial charge on any atom is -0.456 e. The lowest BCUT2D eigenvalue weighted by atomic mass is 9.95. The van der Waals surface area contributed by atoms with Gasteiger partial charge in [0.15, 0.2) is 0 Å². The highest BCUT2D eigenvalue weighted by molar-refractivity contribution is 5.81. The van der Waals surface area contributed by atoms with Gasteiger partial charge in [0, 0.05) is 12.7 Å². The van der Waals surface area contributed by atoms with Crippen molar-refractivity contribution >= 4 is 5.97 Å². The molecule has 0 aromatic carbocycles. The van der Waals surface area contributed by atoms with E-state index < -0.39 is 0 Å².